The van der Waals surface area contributed by atoms with E-state index in [0.29, 0.717) is 18.2 Å². The van der Waals surface area contributed by atoms with Crippen molar-refractivity contribution in [1.82, 2.24) is 34.3 Å². The van der Waals surface area contributed by atoms with Crippen LogP contribution in [0.15, 0.2) is 43.1 Å². The van der Waals surface area contributed by atoms with Gasteiger partial charge >= 0.3 is 0 Å². The number of rotatable bonds is 4. The lowest BCUT2D eigenvalue weighted by atomic mass is 10.2. The maximum atomic E-state index is 6.03. The Kier molecular flexibility index (Phi) is 3.53. The molecule has 0 aromatic carbocycles. The molecule has 0 saturated carbocycles. The second-order valence-corrected chi connectivity index (χ2v) is 5.78. The van der Waals surface area contributed by atoms with E-state index >= 15 is 0 Å². The van der Waals surface area contributed by atoms with Crippen molar-refractivity contribution in [3.05, 3.63) is 48.8 Å². The van der Waals surface area contributed by atoms with Crippen LogP contribution in [0, 0.1) is 0 Å². The minimum atomic E-state index is 0.376. The third-order valence-corrected chi connectivity index (χ3v) is 3.86. The van der Waals surface area contributed by atoms with Crippen molar-refractivity contribution < 1.29 is 0 Å². The number of aromatic nitrogens is 7. The summed E-state index contributed by atoms with van der Waals surface area (Å²) in [5.74, 6) is 0.983. The van der Waals surface area contributed by atoms with Crippen LogP contribution in [0.25, 0.3) is 16.9 Å². The zero-order valence-electron chi connectivity index (χ0n) is 13.9. The molecule has 2 N–H and O–H groups in total. The third kappa shape index (κ3) is 2.87. The van der Waals surface area contributed by atoms with E-state index in [4.69, 9.17) is 5.73 Å². The number of hydrogen-bond donors (Lipinski definition) is 1. The summed E-state index contributed by atoms with van der Waals surface area (Å²) in [7, 11) is 3.77. The van der Waals surface area contributed by atoms with Crippen LogP contribution in [0.4, 0.5) is 11.6 Å². The van der Waals surface area contributed by atoms with E-state index in [0.717, 1.165) is 22.6 Å². The maximum absolute atomic E-state index is 6.03. The van der Waals surface area contributed by atoms with Crippen LogP contribution in [0.2, 0.25) is 0 Å². The quantitative estimate of drug-likeness (QED) is 0.596. The zero-order chi connectivity index (χ0) is 17.4. The highest BCUT2D eigenvalue weighted by atomic mass is 15.3. The Morgan fingerprint density at radius 3 is 2.84 bits per heavy atom. The molecule has 0 fully saturated rings. The van der Waals surface area contributed by atoms with Crippen molar-refractivity contribution in [3.8, 4) is 11.3 Å². The van der Waals surface area contributed by atoms with E-state index < -0.39 is 0 Å². The minimum Gasteiger partial charge on any atom is -0.381 e. The summed E-state index contributed by atoms with van der Waals surface area (Å²) < 4.78 is 3.45. The van der Waals surface area contributed by atoms with Crippen molar-refractivity contribution in [2.24, 2.45) is 7.05 Å². The van der Waals surface area contributed by atoms with Gasteiger partial charge in [0.1, 0.15) is 0 Å². The van der Waals surface area contributed by atoms with Crippen molar-refractivity contribution in [1.29, 1.82) is 0 Å². The van der Waals surface area contributed by atoms with Gasteiger partial charge < -0.3 is 10.6 Å². The molecular weight excluding hydrogens is 318 g/mol. The molecule has 0 radical (unpaired) electrons. The Bertz CT molecular complexity index is 1030. The first-order chi connectivity index (χ1) is 12.1. The molecule has 0 unspecified atom stereocenters. The summed E-state index contributed by atoms with van der Waals surface area (Å²) in [6, 6.07) is 3.78. The Hall–Kier alpha value is -3.49. The Balaban J connectivity index is 1.63. The second kappa shape index (κ2) is 5.86. The highest BCUT2D eigenvalue weighted by molar-refractivity contribution is 5.65. The van der Waals surface area contributed by atoms with Crippen LogP contribution in [-0.2, 0) is 13.6 Å². The first kappa shape index (κ1) is 15.1. The van der Waals surface area contributed by atoms with Gasteiger partial charge in [-0.2, -0.15) is 10.2 Å². The summed E-state index contributed by atoms with van der Waals surface area (Å²) in [6.07, 6.45) is 8.89. The van der Waals surface area contributed by atoms with Gasteiger partial charge in [-0.1, -0.05) is 0 Å². The molecule has 9 heteroatoms. The molecule has 126 valence electrons. The van der Waals surface area contributed by atoms with Gasteiger partial charge in [-0.15, -0.1) is 0 Å². The van der Waals surface area contributed by atoms with Crippen LogP contribution in [0.5, 0.6) is 0 Å². The van der Waals surface area contributed by atoms with Gasteiger partial charge in [-0.05, 0) is 6.07 Å². The maximum Gasteiger partial charge on any atom is 0.172 e. The smallest absolute Gasteiger partial charge is 0.172 e. The average molecular weight is 335 g/mol. The van der Waals surface area contributed by atoms with Gasteiger partial charge in [0.05, 0.1) is 36.5 Å². The molecule has 0 bridgehead atoms. The average Bonchev–Trinajstić information content (AvgIpc) is 3.23. The number of nitrogens with zero attached hydrogens (tertiary/aromatic N) is 8. The third-order valence-electron chi connectivity index (χ3n) is 3.86. The van der Waals surface area contributed by atoms with E-state index in [-0.39, 0.29) is 0 Å². The summed E-state index contributed by atoms with van der Waals surface area (Å²) in [5, 5.41) is 8.32. The highest BCUT2D eigenvalue weighted by Crippen LogP contribution is 2.23. The van der Waals surface area contributed by atoms with Crippen molar-refractivity contribution in [2.75, 3.05) is 17.7 Å². The van der Waals surface area contributed by atoms with Crippen molar-refractivity contribution >= 4 is 17.3 Å². The minimum absolute atomic E-state index is 0.376. The summed E-state index contributed by atoms with van der Waals surface area (Å²) in [6.45, 7) is 0.553. The molecule has 0 aliphatic heterocycles. The van der Waals surface area contributed by atoms with Gasteiger partial charge in [-0.25, -0.2) is 19.5 Å². The molecule has 4 rings (SSSR count). The van der Waals surface area contributed by atoms with E-state index in [1.165, 1.54) is 0 Å². The largest absolute Gasteiger partial charge is 0.381 e. The molecule has 0 saturated heterocycles. The van der Waals surface area contributed by atoms with Crippen LogP contribution >= 0.6 is 0 Å². The fourth-order valence-electron chi connectivity index (χ4n) is 2.62. The van der Waals surface area contributed by atoms with Crippen LogP contribution in [0.1, 0.15) is 5.69 Å². The fourth-order valence-corrected chi connectivity index (χ4v) is 2.62. The van der Waals surface area contributed by atoms with Gasteiger partial charge in [-0.3, -0.25) is 4.68 Å². The number of hydrogen-bond acceptors (Lipinski definition) is 7. The lowest BCUT2D eigenvalue weighted by Crippen LogP contribution is -2.21. The summed E-state index contributed by atoms with van der Waals surface area (Å²) in [4.78, 5) is 15.4. The molecule has 4 heterocycles. The molecule has 0 aliphatic rings. The lowest BCUT2D eigenvalue weighted by molar-refractivity contribution is 0.768. The van der Waals surface area contributed by atoms with Gasteiger partial charge in [0.25, 0.3) is 0 Å². The number of anilines is 2. The molecule has 0 aliphatic carbocycles. The van der Waals surface area contributed by atoms with Gasteiger partial charge in [0, 0.05) is 38.1 Å². The normalized spacial score (nSPS) is 11.1. The fraction of sp³-hybridized carbons (Fsp3) is 0.188. The van der Waals surface area contributed by atoms with Gasteiger partial charge in [0.2, 0.25) is 0 Å². The van der Waals surface area contributed by atoms with Crippen molar-refractivity contribution in [3.63, 3.8) is 0 Å². The number of fused-ring (bicyclic) bond motifs is 1. The molecule has 0 atom stereocenters. The van der Waals surface area contributed by atoms with Gasteiger partial charge in [0.15, 0.2) is 17.3 Å². The SMILES string of the molecule is CN(Cc1ccn2nccc2n1)c1nc(-c2cnn(C)c2)cnc1N. The van der Waals surface area contributed by atoms with Crippen molar-refractivity contribution in [2.45, 2.75) is 6.54 Å². The topological polar surface area (TPSA) is 103 Å². The summed E-state index contributed by atoms with van der Waals surface area (Å²) >= 11 is 0. The zero-order valence-corrected chi connectivity index (χ0v) is 13.9. The monoisotopic (exact) mass is 335 g/mol. The van der Waals surface area contributed by atoms with E-state index in [1.54, 1.807) is 27.8 Å². The van der Waals surface area contributed by atoms with Crippen LogP contribution in [-0.4, -0.2) is 41.4 Å². The molecular formula is C16H17N9. The molecule has 4 aromatic rings. The highest BCUT2D eigenvalue weighted by Gasteiger charge is 2.13. The molecule has 0 amide bonds. The first-order valence-electron chi connectivity index (χ1n) is 7.72. The van der Waals surface area contributed by atoms with E-state index in [9.17, 15) is 0 Å². The molecule has 0 spiro atoms. The second-order valence-electron chi connectivity index (χ2n) is 5.78. The Labute approximate surface area is 143 Å². The Morgan fingerprint density at radius 1 is 1.16 bits per heavy atom. The van der Waals surface area contributed by atoms with E-state index in [2.05, 4.69) is 25.1 Å². The molecule has 9 nitrogen and oxygen atoms in total. The first-order valence-corrected chi connectivity index (χ1v) is 7.72. The standard InChI is InChI=1S/C16H17N9/c1-23(10-12-4-6-25-14(21-12)3-5-19-25)16-15(17)18-8-13(22-16)11-7-20-24(2)9-11/h3-9H,10H2,1-2H3,(H2,17,18). The molecule has 25 heavy (non-hydrogen) atoms. The van der Waals surface area contributed by atoms with Crippen LogP contribution in [0.3, 0.4) is 0 Å². The predicted octanol–water partition coefficient (Wildman–Crippen LogP) is 1.14. The number of nitrogens with two attached hydrogens (primary N) is 1. The lowest BCUT2D eigenvalue weighted by Gasteiger charge is -2.19. The summed E-state index contributed by atoms with van der Waals surface area (Å²) in [5.41, 5.74) is 9.34. The Morgan fingerprint density at radius 2 is 2.04 bits per heavy atom. The van der Waals surface area contributed by atoms with Crippen LogP contribution < -0.4 is 10.6 Å². The molecule has 4 aromatic heterocycles. The van der Waals surface area contributed by atoms with E-state index in [1.807, 2.05) is 43.5 Å². The number of aryl methyl sites for hydroxylation is 1. The predicted molar refractivity (Wildman–Crippen MR) is 93.7 cm³/mol. The number of nitrogen functional groups attached to an aromatic ring is 1.